The van der Waals surface area contributed by atoms with Crippen molar-refractivity contribution >= 4 is 46.2 Å². The summed E-state index contributed by atoms with van der Waals surface area (Å²) in [6, 6.07) is 17.0. The van der Waals surface area contributed by atoms with Crippen molar-refractivity contribution in [3.63, 3.8) is 0 Å². The van der Waals surface area contributed by atoms with Crippen LogP contribution in [0.3, 0.4) is 0 Å². The van der Waals surface area contributed by atoms with Crippen molar-refractivity contribution in [2.75, 3.05) is 16.8 Å². The number of hydrogen-bond acceptors (Lipinski definition) is 12. The lowest BCUT2D eigenvalue weighted by atomic mass is 9.99. The van der Waals surface area contributed by atoms with Crippen LogP contribution in [0.5, 0.6) is 0 Å². The molecule has 4 aromatic rings. The van der Waals surface area contributed by atoms with Gasteiger partial charge in [-0.15, -0.1) is 0 Å². The summed E-state index contributed by atoms with van der Waals surface area (Å²) in [7, 11) is 1.85. The number of anilines is 2. The molecule has 1 aliphatic heterocycles. The number of aryl methyl sites for hydroxylation is 1. The van der Waals surface area contributed by atoms with Crippen molar-refractivity contribution in [3.8, 4) is 0 Å². The van der Waals surface area contributed by atoms with Crippen LogP contribution in [0, 0.1) is 5.41 Å². The number of fused-ring (bicyclic) bond motifs is 1. The third-order valence-electron chi connectivity index (χ3n) is 7.64. The third-order valence-corrected chi connectivity index (χ3v) is 7.64. The first-order chi connectivity index (χ1) is 22.4. The van der Waals surface area contributed by atoms with Gasteiger partial charge in [-0.2, -0.15) is 0 Å². The van der Waals surface area contributed by atoms with E-state index in [-0.39, 0.29) is 23.8 Å². The number of rotatable bonds is 11. The normalized spacial score (nSPS) is 20.8. The van der Waals surface area contributed by atoms with Crippen molar-refractivity contribution in [1.29, 1.82) is 5.41 Å². The largest absolute Gasteiger partial charge is 0.479 e. The maximum atomic E-state index is 13.8. The van der Waals surface area contributed by atoms with Crippen molar-refractivity contribution in [2.45, 2.75) is 43.7 Å². The number of carbonyl (C=O) groups is 3. The summed E-state index contributed by atoms with van der Waals surface area (Å²) in [5.41, 5.74) is 8.53. The van der Waals surface area contributed by atoms with E-state index in [2.05, 4.69) is 10.3 Å². The molecule has 246 valence electrons. The summed E-state index contributed by atoms with van der Waals surface area (Å²) >= 11 is 0. The molecule has 0 aliphatic carbocycles. The highest BCUT2D eigenvalue weighted by molar-refractivity contribution is 6.07. The number of amidine groups is 1. The molecule has 2 aromatic heterocycles. The Balaban J connectivity index is 1.29. The van der Waals surface area contributed by atoms with Crippen molar-refractivity contribution in [2.24, 2.45) is 12.8 Å². The number of hydrogen-bond donors (Lipinski definition) is 7. The molecule has 0 bridgehead atoms. The highest BCUT2D eigenvalue weighted by Gasteiger charge is 2.48. The smallest absolute Gasteiger partial charge is 0.335 e. The Labute approximate surface area is 267 Å². The fourth-order valence-corrected chi connectivity index (χ4v) is 5.02. The first kappa shape index (κ1) is 33.0. The Hall–Kier alpha value is -5.42. The molecule has 0 spiro atoms. The van der Waals surface area contributed by atoms with E-state index in [9.17, 15) is 34.8 Å². The zero-order valence-corrected chi connectivity index (χ0v) is 25.1. The number of imidazole rings is 1. The lowest BCUT2D eigenvalue weighted by molar-refractivity contribution is -0.286. The van der Waals surface area contributed by atoms with E-state index in [0.717, 1.165) is 11.2 Å². The first-order valence-corrected chi connectivity index (χ1v) is 14.4. The number of nitrogens with zero attached hydrogens (tertiary/aromatic N) is 4. The number of nitrogens with two attached hydrogens (primary N) is 1. The Morgan fingerprint density at radius 3 is 2.43 bits per heavy atom. The van der Waals surface area contributed by atoms with E-state index in [4.69, 9.17) is 25.6 Å². The van der Waals surface area contributed by atoms with E-state index in [1.54, 1.807) is 48.5 Å². The number of esters is 1. The molecule has 47 heavy (non-hydrogen) atoms. The molecule has 3 heterocycles. The summed E-state index contributed by atoms with van der Waals surface area (Å²) in [5, 5.41) is 50.1. The van der Waals surface area contributed by atoms with E-state index in [1.165, 1.54) is 11.1 Å². The number of pyridine rings is 1. The molecule has 16 heteroatoms. The minimum atomic E-state index is -1.94. The number of ether oxygens (including phenoxy) is 2. The maximum absolute atomic E-state index is 13.8. The van der Waals surface area contributed by atoms with E-state index in [1.807, 2.05) is 23.7 Å². The van der Waals surface area contributed by atoms with Crippen LogP contribution in [-0.4, -0.2) is 95.9 Å². The number of carbonyl (C=O) groups excluding carboxylic acids is 2. The predicted octanol–water partition coefficient (Wildman–Crippen LogP) is 0.337. The SMILES string of the molecule is Cn1c(CNc2ccc(C(=N)N)cc2)nc2cc(C(=O)N(CCC(=O)O[C@@H]3O[C@H](C(=O)O)[C@@H](O)[C@H](O)[C@H]3O)c3ccccn3)ccc21. The van der Waals surface area contributed by atoms with Gasteiger partial charge < -0.3 is 45.5 Å². The average molecular weight is 648 g/mol. The molecule has 0 unspecified atom stereocenters. The van der Waals surface area contributed by atoms with E-state index in [0.29, 0.717) is 23.4 Å². The molecule has 1 saturated heterocycles. The van der Waals surface area contributed by atoms with Crippen molar-refractivity contribution < 1.29 is 44.3 Å². The van der Waals surface area contributed by atoms with Crippen LogP contribution < -0.4 is 16.0 Å². The van der Waals surface area contributed by atoms with Gasteiger partial charge in [-0.1, -0.05) is 6.07 Å². The van der Waals surface area contributed by atoms with E-state index < -0.39 is 55.0 Å². The van der Waals surface area contributed by atoms with Crippen LogP contribution in [0.4, 0.5) is 11.5 Å². The number of carboxylic acids is 1. The minimum absolute atomic E-state index is 0.0226. The highest BCUT2D eigenvalue weighted by Crippen LogP contribution is 2.24. The molecule has 5 atom stereocenters. The summed E-state index contributed by atoms with van der Waals surface area (Å²) in [6.45, 7) is 0.154. The van der Waals surface area contributed by atoms with E-state index >= 15 is 0 Å². The number of amides is 1. The number of aliphatic carboxylic acids is 1. The summed E-state index contributed by atoms with van der Waals surface area (Å²) in [6.07, 6.45) is -8.52. The van der Waals surface area contributed by atoms with Gasteiger partial charge in [-0.3, -0.25) is 19.9 Å². The Bertz CT molecular complexity index is 1780. The predicted molar refractivity (Wildman–Crippen MR) is 166 cm³/mol. The zero-order chi connectivity index (χ0) is 33.8. The number of aromatic nitrogens is 3. The van der Waals surface area contributed by atoms with Crippen LogP contribution in [0.1, 0.15) is 28.2 Å². The molecule has 2 aromatic carbocycles. The molecular formula is C31H33N7O9. The number of nitrogens with one attached hydrogen (secondary N) is 2. The molecule has 1 fully saturated rings. The number of benzene rings is 2. The number of aliphatic hydroxyl groups is 3. The second kappa shape index (κ2) is 13.9. The monoisotopic (exact) mass is 647 g/mol. The second-order valence-electron chi connectivity index (χ2n) is 10.8. The lowest BCUT2D eigenvalue weighted by Gasteiger charge is -2.38. The van der Waals surface area contributed by atoms with Gasteiger partial charge in [0.1, 0.15) is 35.8 Å². The minimum Gasteiger partial charge on any atom is -0.479 e. The topological polar surface area (TPSA) is 246 Å². The van der Waals surface area contributed by atoms with Crippen molar-refractivity contribution in [1.82, 2.24) is 14.5 Å². The second-order valence-corrected chi connectivity index (χ2v) is 10.8. The Kier molecular flexibility index (Phi) is 9.76. The van der Waals surface area contributed by atoms with Crippen LogP contribution in [-0.2, 0) is 32.7 Å². The van der Waals surface area contributed by atoms with Gasteiger partial charge in [-0.05, 0) is 54.6 Å². The van der Waals surface area contributed by atoms with Gasteiger partial charge in [0.25, 0.3) is 5.91 Å². The molecular weight excluding hydrogens is 614 g/mol. The molecule has 16 nitrogen and oxygen atoms in total. The van der Waals surface area contributed by atoms with Crippen LogP contribution >= 0.6 is 0 Å². The Morgan fingerprint density at radius 1 is 1.04 bits per heavy atom. The summed E-state index contributed by atoms with van der Waals surface area (Å²) in [4.78, 5) is 48.1. The molecule has 8 N–H and O–H groups in total. The first-order valence-electron chi connectivity index (χ1n) is 14.4. The standard InChI is InChI=1S/C31H33N7O9/c1-37-20-10-7-17(14-19(20)36-22(37)15-35-18-8-5-16(6-9-18)28(32)33)29(43)38(21-4-2-3-12-34-21)13-11-23(39)46-31-26(42)24(40)25(41)27(47-31)30(44)45/h2-10,12,14,24-27,31,35,40-42H,11,13,15H2,1H3,(H3,32,33)(H,44,45)/t24-,25-,26+,27-,31+/m0/s1. The number of nitrogen functional groups attached to an aromatic ring is 1. The fourth-order valence-electron chi connectivity index (χ4n) is 5.02. The van der Waals surface area contributed by atoms with Gasteiger partial charge in [0, 0.05) is 36.6 Å². The van der Waals surface area contributed by atoms with Crippen LogP contribution in [0.2, 0.25) is 0 Å². The maximum Gasteiger partial charge on any atom is 0.335 e. The number of aliphatic hydroxyl groups excluding tert-OH is 3. The van der Waals surface area contributed by atoms with Crippen LogP contribution in [0.25, 0.3) is 11.0 Å². The fraction of sp³-hybridized carbons (Fsp3) is 0.290. The molecule has 0 radical (unpaired) electrons. The molecule has 0 saturated carbocycles. The quantitative estimate of drug-likeness (QED) is 0.0660. The van der Waals surface area contributed by atoms with Crippen LogP contribution in [0.15, 0.2) is 66.9 Å². The van der Waals surface area contributed by atoms with Gasteiger partial charge in [0.2, 0.25) is 6.29 Å². The zero-order valence-electron chi connectivity index (χ0n) is 25.1. The lowest BCUT2D eigenvalue weighted by Crippen LogP contribution is -2.60. The van der Waals surface area contributed by atoms with Gasteiger partial charge in [0.05, 0.1) is 24.0 Å². The van der Waals surface area contributed by atoms with Gasteiger partial charge in [-0.25, -0.2) is 14.8 Å². The Morgan fingerprint density at radius 2 is 1.77 bits per heavy atom. The molecule has 5 rings (SSSR count). The summed E-state index contributed by atoms with van der Waals surface area (Å²) in [5.74, 6) is -2.17. The van der Waals surface area contributed by atoms with Crippen molar-refractivity contribution in [3.05, 3.63) is 83.8 Å². The summed E-state index contributed by atoms with van der Waals surface area (Å²) < 4.78 is 12.0. The highest BCUT2D eigenvalue weighted by atomic mass is 16.7. The average Bonchev–Trinajstić information content (AvgIpc) is 3.38. The number of carboxylic acid groups (broad SMARTS) is 1. The molecule has 1 amide bonds. The third kappa shape index (κ3) is 7.20. The van der Waals surface area contributed by atoms with Gasteiger partial charge >= 0.3 is 11.9 Å². The van der Waals surface area contributed by atoms with Gasteiger partial charge in [0.15, 0.2) is 6.10 Å². The molecule has 1 aliphatic rings.